The monoisotopic (exact) mass is 408 g/mol. The van der Waals surface area contributed by atoms with E-state index >= 15 is 0 Å². The Hall–Kier alpha value is -4.32. The lowest BCUT2D eigenvalue weighted by atomic mass is 9.97. The molecule has 0 saturated heterocycles. The van der Waals surface area contributed by atoms with E-state index in [4.69, 9.17) is 0 Å². The maximum absolute atomic E-state index is 13.6. The van der Waals surface area contributed by atoms with Crippen LogP contribution in [0.4, 0.5) is 5.69 Å². The van der Waals surface area contributed by atoms with Crippen LogP contribution in [0.25, 0.3) is 0 Å². The largest absolute Gasteiger partial charge is 0.269 e. The summed E-state index contributed by atoms with van der Waals surface area (Å²) in [7, 11) is 0. The Morgan fingerprint density at radius 3 is 1.68 bits per heavy atom. The molecule has 2 heterocycles. The Kier molecular flexibility index (Phi) is 4.33. The summed E-state index contributed by atoms with van der Waals surface area (Å²) >= 11 is 0. The van der Waals surface area contributed by atoms with Crippen molar-refractivity contribution >= 4 is 29.3 Å². The Bertz CT molecular complexity index is 1210. The number of carbonyl (C=O) groups excluding carboxylic acids is 4. The van der Waals surface area contributed by atoms with Crippen molar-refractivity contribution < 1.29 is 19.2 Å². The van der Waals surface area contributed by atoms with E-state index in [-0.39, 0.29) is 16.8 Å². The quantitative estimate of drug-likeness (QED) is 0.620. The highest BCUT2D eigenvalue weighted by Crippen LogP contribution is 2.39. The summed E-state index contributed by atoms with van der Waals surface area (Å²) in [5.41, 5.74) is 1.92. The first-order valence-electron chi connectivity index (χ1n) is 9.75. The highest BCUT2D eigenvalue weighted by Gasteiger charge is 2.44. The molecule has 2 aliphatic heterocycles. The zero-order valence-electron chi connectivity index (χ0n) is 16.3. The van der Waals surface area contributed by atoms with Gasteiger partial charge >= 0.3 is 0 Å². The molecule has 0 saturated carbocycles. The molecule has 0 radical (unpaired) electrons. The van der Waals surface area contributed by atoms with E-state index in [1.54, 1.807) is 12.1 Å². The van der Waals surface area contributed by atoms with Crippen molar-refractivity contribution in [3.05, 3.63) is 113 Å². The second kappa shape index (κ2) is 7.18. The molecule has 3 aromatic rings. The van der Waals surface area contributed by atoms with Crippen LogP contribution in [0.3, 0.4) is 0 Å². The minimum atomic E-state index is -0.647. The van der Waals surface area contributed by atoms with Gasteiger partial charge in [0.05, 0.1) is 22.9 Å². The van der Waals surface area contributed by atoms with Crippen LogP contribution in [0.1, 0.15) is 37.9 Å². The summed E-state index contributed by atoms with van der Waals surface area (Å²) in [6.07, 6.45) is 2.30. The van der Waals surface area contributed by atoms with Crippen LogP contribution >= 0.6 is 0 Å². The van der Waals surface area contributed by atoms with Gasteiger partial charge < -0.3 is 0 Å². The number of hydrogen-bond acceptors (Lipinski definition) is 4. The first-order chi connectivity index (χ1) is 15.1. The first-order valence-corrected chi connectivity index (χ1v) is 9.75. The van der Waals surface area contributed by atoms with Crippen molar-refractivity contribution in [1.29, 1.82) is 0 Å². The van der Waals surface area contributed by atoms with E-state index in [0.29, 0.717) is 0 Å². The van der Waals surface area contributed by atoms with Gasteiger partial charge in [0.25, 0.3) is 23.6 Å². The Balaban J connectivity index is 1.66. The number of nitrogens with zero attached hydrogens (tertiary/aromatic N) is 2. The fraction of sp³-hybridized carbons (Fsp3) is 0.0400. The number of hydrogen-bond donors (Lipinski definition) is 0. The number of anilines is 1. The molecule has 0 aliphatic carbocycles. The van der Waals surface area contributed by atoms with Gasteiger partial charge in [-0.25, -0.2) is 4.90 Å². The molecular weight excluding hydrogens is 392 g/mol. The van der Waals surface area contributed by atoms with Gasteiger partial charge in [-0.15, -0.1) is 0 Å². The SMILES string of the molecule is O=C1C=CC(=O)N1c1cccc2c1C(=O)N(C(c1ccccc1)c1ccccc1)C2=O. The molecule has 4 amide bonds. The van der Waals surface area contributed by atoms with Crippen molar-refractivity contribution in [3.8, 4) is 0 Å². The normalized spacial score (nSPS) is 15.4. The Morgan fingerprint density at radius 1 is 0.581 bits per heavy atom. The molecule has 31 heavy (non-hydrogen) atoms. The minimum Gasteiger partial charge on any atom is -0.269 e. The highest BCUT2D eigenvalue weighted by molar-refractivity contribution is 6.32. The third-order valence-electron chi connectivity index (χ3n) is 5.46. The van der Waals surface area contributed by atoms with Gasteiger partial charge in [-0.05, 0) is 23.3 Å². The van der Waals surface area contributed by atoms with E-state index in [1.165, 1.54) is 11.0 Å². The molecule has 0 N–H and O–H groups in total. The molecule has 5 rings (SSSR count). The van der Waals surface area contributed by atoms with E-state index in [2.05, 4.69) is 0 Å². The lowest BCUT2D eigenvalue weighted by Crippen LogP contribution is -2.35. The number of fused-ring (bicyclic) bond motifs is 1. The van der Waals surface area contributed by atoms with Crippen LogP contribution in [0, 0.1) is 0 Å². The average molecular weight is 408 g/mol. The molecule has 0 atom stereocenters. The molecule has 0 fully saturated rings. The maximum Gasteiger partial charge on any atom is 0.264 e. The molecule has 0 spiro atoms. The number of rotatable bonds is 4. The summed E-state index contributed by atoms with van der Waals surface area (Å²) in [4.78, 5) is 53.7. The van der Waals surface area contributed by atoms with Crippen molar-refractivity contribution in [3.63, 3.8) is 0 Å². The molecule has 6 heteroatoms. The lowest BCUT2D eigenvalue weighted by Gasteiger charge is -2.27. The molecule has 150 valence electrons. The topological polar surface area (TPSA) is 74.8 Å². The van der Waals surface area contributed by atoms with E-state index in [0.717, 1.165) is 28.2 Å². The van der Waals surface area contributed by atoms with Crippen LogP contribution in [-0.4, -0.2) is 28.5 Å². The third-order valence-corrected chi connectivity index (χ3v) is 5.46. The molecule has 3 aromatic carbocycles. The van der Waals surface area contributed by atoms with Gasteiger partial charge in [0.1, 0.15) is 0 Å². The van der Waals surface area contributed by atoms with Crippen molar-refractivity contribution in [1.82, 2.24) is 4.90 Å². The summed E-state index contributed by atoms with van der Waals surface area (Å²) in [6.45, 7) is 0. The van der Waals surface area contributed by atoms with Crippen molar-refractivity contribution in [2.75, 3.05) is 4.90 Å². The van der Waals surface area contributed by atoms with Crippen LogP contribution in [0.5, 0.6) is 0 Å². The lowest BCUT2D eigenvalue weighted by molar-refractivity contribution is -0.119. The summed E-state index contributed by atoms with van der Waals surface area (Å²) in [5.74, 6) is -2.09. The first kappa shape index (κ1) is 18.7. The summed E-state index contributed by atoms with van der Waals surface area (Å²) in [6, 6.07) is 22.5. The molecule has 0 unspecified atom stereocenters. The Morgan fingerprint density at radius 2 is 1.13 bits per heavy atom. The Labute approximate surface area is 178 Å². The summed E-state index contributed by atoms with van der Waals surface area (Å²) < 4.78 is 0. The molecule has 6 nitrogen and oxygen atoms in total. The third kappa shape index (κ3) is 2.88. The van der Waals surface area contributed by atoms with Crippen LogP contribution in [-0.2, 0) is 9.59 Å². The van der Waals surface area contributed by atoms with Gasteiger partial charge in [0, 0.05) is 12.2 Å². The van der Waals surface area contributed by atoms with Gasteiger partial charge in [-0.3, -0.25) is 24.1 Å². The van der Waals surface area contributed by atoms with Gasteiger partial charge in [0.15, 0.2) is 0 Å². The molecule has 0 bridgehead atoms. The predicted molar refractivity (Wildman–Crippen MR) is 113 cm³/mol. The van der Waals surface area contributed by atoms with Crippen molar-refractivity contribution in [2.45, 2.75) is 6.04 Å². The van der Waals surface area contributed by atoms with Gasteiger partial charge in [0.2, 0.25) is 0 Å². The average Bonchev–Trinajstić information content (AvgIpc) is 3.26. The second-order valence-corrected chi connectivity index (χ2v) is 7.25. The number of carbonyl (C=O) groups is 4. The zero-order valence-corrected chi connectivity index (χ0v) is 16.3. The number of benzene rings is 3. The fourth-order valence-corrected chi connectivity index (χ4v) is 4.11. The van der Waals surface area contributed by atoms with Crippen LogP contribution in [0.2, 0.25) is 0 Å². The second-order valence-electron chi connectivity index (χ2n) is 7.25. The molecule has 2 aliphatic rings. The van der Waals surface area contributed by atoms with Crippen LogP contribution in [0.15, 0.2) is 91.0 Å². The van der Waals surface area contributed by atoms with E-state index in [9.17, 15) is 19.2 Å². The summed E-state index contributed by atoms with van der Waals surface area (Å²) in [5, 5.41) is 0. The maximum atomic E-state index is 13.6. The van der Waals surface area contributed by atoms with Crippen LogP contribution < -0.4 is 4.90 Å². The number of amides is 4. The van der Waals surface area contributed by atoms with Gasteiger partial charge in [-0.2, -0.15) is 0 Å². The molecular formula is C25H16N2O4. The zero-order chi connectivity index (χ0) is 21.5. The van der Waals surface area contributed by atoms with Crippen molar-refractivity contribution in [2.24, 2.45) is 0 Å². The van der Waals surface area contributed by atoms with E-state index < -0.39 is 29.7 Å². The molecule has 0 aromatic heterocycles. The minimum absolute atomic E-state index is 0.0646. The predicted octanol–water partition coefficient (Wildman–Crippen LogP) is 3.50. The number of imide groups is 2. The fourth-order valence-electron chi connectivity index (χ4n) is 4.11. The highest BCUT2D eigenvalue weighted by atomic mass is 16.2. The smallest absolute Gasteiger partial charge is 0.264 e. The standard InChI is InChI=1S/C25H16N2O4/c28-20-14-15-21(29)26(20)19-13-7-12-18-22(19)25(31)27(24(18)30)23(16-8-3-1-4-9-16)17-10-5-2-6-11-17/h1-15,23H. The van der Waals surface area contributed by atoms with Gasteiger partial charge in [-0.1, -0.05) is 66.7 Å². The van der Waals surface area contributed by atoms with E-state index in [1.807, 2.05) is 60.7 Å².